The van der Waals surface area contributed by atoms with Crippen LogP contribution in [0.5, 0.6) is 0 Å². The Hall–Kier alpha value is -3.66. The second-order valence-corrected chi connectivity index (χ2v) is 18.4. The lowest BCUT2D eigenvalue weighted by atomic mass is 9.69. The van der Waals surface area contributed by atoms with Gasteiger partial charge < -0.3 is 21.7 Å². The number of hydrogen-bond donors (Lipinski definition) is 4. The van der Waals surface area contributed by atoms with Crippen LogP contribution in [0, 0.1) is 23.5 Å². The lowest BCUT2D eigenvalue weighted by Gasteiger charge is -2.47. The fourth-order valence-electron chi connectivity index (χ4n) is 7.99. The Balaban J connectivity index is 0.000000208. The van der Waals surface area contributed by atoms with Crippen LogP contribution in [0.2, 0.25) is 0 Å². The second-order valence-electron chi connectivity index (χ2n) is 16.5. The molecule has 2 aromatic rings. The summed E-state index contributed by atoms with van der Waals surface area (Å²) in [4.78, 5) is 35.8. The SMILES string of the molecule is CC(C)(C)N(C(=O)O)C1=N[C@@]2(c3cc(N)ccc3F)CC[C@@H](F)C[C@H]2CS1.CC(C)(C)N(C(=O)O)C1=N[C@@]2(c3cc(N)ccc3F)CC[C@@H](F)C[C@H]2CS1. The van der Waals surface area contributed by atoms with E-state index in [1.807, 2.05) is 0 Å². The monoisotopic (exact) mass is 794 g/mol. The van der Waals surface area contributed by atoms with E-state index < -0.39 is 58.3 Å². The number of nitrogens with zero attached hydrogens (tertiary/aromatic N) is 4. The number of nitrogens with two attached hydrogens (primary N) is 2. The van der Waals surface area contributed by atoms with Crippen LogP contribution in [0.4, 0.5) is 38.5 Å². The van der Waals surface area contributed by atoms with Crippen LogP contribution in [-0.4, -0.2) is 77.5 Å². The summed E-state index contributed by atoms with van der Waals surface area (Å²) in [5.41, 5.74) is 9.84. The predicted octanol–water partition coefficient (Wildman–Crippen LogP) is 9.25. The van der Waals surface area contributed by atoms with Gasteiger partial charge in [-0.1, -0.05) is 23.5 Å². The zero-order valence-corrected chi connectivity index (χ0v) is 33.0. The topological polar surface area (TPSA) is 158 Å². The molecule has 2 fully saturated rings. The smallest absolute Gasteiger partial charge is 0.413 e. The molecule has 2 amide bonds. The van der Waals surface area contributed by atoms with Gasteiger partial charge in [0.1, 0.15) is 24.0 Å². The Bertz CT molecular complexity index is 1690. The Morgan fingerprint density at radius 3 is 1.39 bits per heavy atom. The van der Waals surface area contributed by atoms with Gasteiger partial charge in [0, 0.05) is 56.9 Å². The Morgan fingerprint density at radius 1 is 0.722 bits per heavy atom. The van der Waals surface area contributed by atoms with Crippen molar-refractivity contribution in [2.24, 2.45) is 21.8 Å². The van der Waals surface area contributed by atoms with E-state index in [9.17, 15) is 37.4 Å². The third-order valence-electron chi connectivity index (χ3n) is 10.5. The molecule has 0 radical (unpaired) electrons. The number of carboxylic acid groups (broad SMARTS) is 2. The van der Waals surface area contributed by atoms with Gasteiger partial charge in [-0.05, 0) is 116 Å². The van der Waals surface area contributed by atoms with Crippen molar-refractivity contribution in [3.8, 4) is 0 Å². The van der Waals surface area contributed by atoms with Crippen molar-refractivity contribution in [3.63, 3.8) is 0 Å². The molecule has 6 N–H and O–H groups in total. The zero-order chi connectivity index (χ0) is 40.0. The molecule has 0 bridgehead atoms. The number of carbonyl (C=O) groups is 2. The van der Waals surface area contributed by atoms with E-state index in [1.165, 1.54) is 57.6 Å². The Morgan fingerprint density at radius 2 is 1.07 bits per heavy atom. The number of thioether (sulfide) groups is 2. The van der Waals surface area contributed by atoms with E-state index in [0.29, 0.717) is 57.2 Å². The molecule has 0 aromatic heterocycles. The molecule has 2 saturated carbocycles. The number of fused-ring (bicyclic) bond motifs is 2. The van der Waals surface area contributed by atoms with E-state index in [4.69, 9.17) is 21.5 Å². The first-order valence-corrected chi connectivity index (χ1v) is 20.0. The van der Waals surface area contributed by atoms with Gasteiger partial charge in [0.2, 0.25) is 0 Å². The van der Waals surface area contributed by atoms with Crippen molar-refractivity contribution >= 4 is 57.4 Å². The van der Waals surface area contributed by atoms with Gasteiger partial charge in [0.05, 0.1) is 11.1 Å². The minimum absolute atomic E-state index is 0.220. The van der Waals surface area contributed by atoms with Crippen LogP contribution in [-0.2, 0) is 11.1 Å². The quantitative estimate of drug-likeness (QED) is 0.173. The maximum Gasteiger partial charge on any atom is 0.413 e. The minimum Gasteiger partial charge on any atom is -0.465 e. The average molecular weight is 795 g/mol. The Labute approximate surface area is 322 Å². The third kappa shape index (κ3) is 8.29. The van der Waals surface area contributed by atoms with Gasteiger partial charge in [0.25, 0.3) is 0 Å². The first-order chi connectivity index (χ1) is 25.1. The molecule has 2 aliphatic carbocycles. The van der Waals surface area contributed by atoms with Gasteiger partial charge in [0.15, 0.2) is 10.3 Å². The minimum atomic E-state index is -1.12. The molecule has 2 heterocycles. The lowest BCUT2D eigenvalue weighted by molar-refractivity contribution is 0.117. The van der Waals surface area contributed by atoms with Gasteiger partial charge >= 0.3 is 12.2 Å². The fraction of sp³-hybridized carbons (Fsp3) is 0.579. The molecule has 296 valence electrons. The highest BCUT2D eigenvalue weighted by atomic mass is 32.2. The standard InChI is InChI=1S/2C19H25F2N3O2S/c2*1-18(2,3)24(17(25)26)16-23-19(14-9-13(22)4-5-15(14)21)7-6-12(20)8-11(19)10-27-16/h2*4-5,9,11-12H,6-8,10,22H2,1-3H3,(H,25,26)/t2*11-,12+,19-/m00/s1. The number of amidine groups is 2. The highest BCUT2D eigenvalue weighted by molar-refractivity contribution is 8.14. The summed E-state index contributed by atoms with van der Waals surface area (Å²) in [6, 6.07) is 8.67. The van der Waals surface area contributed by atoms with E-state index >= 15 is 0 Å². The van der Waals surface area contributed by atoms with Crippen LogP contribution in [0.1, 0.15) is 91.2 Å². The van der Waals surface area contributed by atoms with Crippen molar-refractivity contribution < 1.29 is 37.4 Å². The highest BCUT2D eigenvalue weighted by Gasteiger charge is 2.52. The van der Waals surface area contributed by atoms with Crippen molar-refractivity contribution in [2.75, 3.05) is 23.0 Å². The average Bonchev–Trinajstić information content (AvgIpc) is 3.06. The Kier molecular flexibility index (Phi) is 11.9. The van der Waals surface area contributed by atoms with Gasteiger partial charge in [-0.3, -0.25) is 19.8 Å². The van der Waals surface area contributed by atoms with Crippen LogP contribution < -0.4 is 11.5 Å². The number of amides is 2. The zero-order valence-electron chi connectivity index (χ0n) is 31.4. The molecule has 0 unspecified atom stereocenters. The summed E-state index contributed by atoms with van der Waals surface area (Å²) in [6.45, 7) is 10.7. The van der Waals surface area contributed by atoms with Gasteiger partial charge in [-0.15, -0.1) is 0 Å². The van der Waals surface area contributed by atoms with Crippen LogP contribution in [0.3, 0.4) is 0 Å². The molecular formula is C38H50F4N6O4S2. The van der Waals surface area contributed by atoms with Crippen molar-refractivity contribution in [1.29, 1.82) is 0 Å². The molecule has 10 nitrogen and oxygen atoms in total. The molecule has 0 spiro atoms. The number of anilines is 2. The molecule has 6 atom stereocenters. The molecule has 54 heavy (non-hydrogen) atoms. The maximum atomic E-state index is 14.8. The van der Waals surface area contributed by atoms with E-state index in [-0.39, 0.29) is 37.5 Å². The molecule has 0 saturated heterocycles. The van der Waals surface area contributed by atoms with Crippen LogP contribution in [0.15, 0.2) is 46.4 Å². The van der Waals surface area contributed by atoms with Crippen LogP contribution in [0.25, 0.3) is 0 Å². The highest BCUT2D eigenvalue weighted by Crippen LogP contribution is 2.53. The van der Waals surface area contributed by atoms with E-state index in [2.05, 4.69) is 0 Å². The molecule has 4 aliphatic rings. The largest absolute Gasteiger partial charge is 0.465 e. The summed E-state index contributed by atoms with van der Waals surface area (Å²) in [6.07, 6.45) is -2.43. The van der Waals surface area contributed by atoms with Gasteiger partial charge in [-0.2, -0.15) is 0 Å². The first kappa shape index (κ1) is 41.5. The molecule has 16 heteroatoms. The third-order valence-corrected chi connectivity index (χ3v) is 12.7. The van der Waals surface area contributed by atoms with Gasteiger partial charge in [-0.25, -0.2) is 27.2 Å². The summed E-state index contributed by atoms with van der Waals surface area (Å²) in [5, 5.41) is 20.1. The molecule has 6 rings (SSSR count). The van der Waals surface area contributed by atoms with Crippen molar-refractivity contribution in [1.82, 2.24) is 9.80 Å². The summed E-state index contributed by atoms with van der Waals surface area (Å²) >= 11 is 2.58. The first-order valence-electron chi connectivity index (χ1n) is 18.0. The normalized spacial score (nSPS) is 28.3. The number of halogens is 4. The number of alkyl halides is 2. The molecular weight excluding hydrogens is 745 g/mol. The number of hydrogen-bond acceptors (Lipinski definition) is 8. The maximum absolute atomic E-state index is 14.8. The summed E-state index contributed by atoms with van der Waals surface area (Å²) in [7, 11) is 0. The number of benzene rings is 2. The number of rotatable bonds is 2. The van der Waals surface area contributed by atoms with Crippen LogP contribution >= 0.6 is 23.5 Å². The van der Waals surface area contributed by atoms with Crippen molar-refractivity contribution in [2.45, 2.75) is 115 Å². The summed E-state index contributed by atoms with van der Waals surface area (Å²) < 4.78 is 57.8. The predicted molar refractivity (Wildman–Crippen MR) is 208 cm³/mol. The molecule has 2 aliphatic heterocycles. The molecule has 2 aromatic carbocycles. The number of aliphatic imine (C=N–C) groups is 2. The second kappa shape index (κ2) is 15.5. The van der Waals surface area contributed by atoms with E-state index in [0.717, 1.165) is 0 Å². The fourth-order valence-corrected chi connectivity index (χ4v) is 10.9. The van der Waals surface area contributed by atoms with Crippen molar-refractivity contribution in [3.05, 3.63) is 59.2 Å². The lowest BCUT2D eigenvalue weighted by Crippen LogP contribution is -2.52. The summed E-state index contributed by atoms with van der Waals surface area (Å²) in [5.74, 6) is -0.372. The number of nitrogen functional groups attached to an aromatic ring is 2. The van der Waals surface area contributed by atoms with E-state index in [1.54, 1.807) is 53.7 Å².